The lowest BCUT2D eigenvalue weighted by Gasteiger charge is -2.37. The number of fused-ring (bicyclic) bond motifs is 2. The molecule has 492 valence electrons. The second-order valence-corrected chi connectivity index (χ2v) is 26.8. The third-order valence-electron chi connectivity index (χ3n) is 16.5. The highest BCUT2D eigenvalue weighted by molar-refractivity contribution is 7.90. The summed E-state index contributed by atoms with van der Waals surface area (Å²) in [6, 6.07) is 40.0. The van der Waals surface area contributed by atoms with Crippen molar-refractivity contribution >= 4 is 62.6 Å². The van der Waals surface area contributed by atoms with Crippen LogP contribution in [0.1, 0.15) is 103 Å². The van der Waals surface area contributed by atoms with Crippen molar-refractivity contribution in [1.82, 2.24) is 40.1 Å². The Morgan fingerprint density at radius 1 is 0.702 bits per heavy atom. The molecule has 0 bridgehead atoms. The second kappa shape index (κ2) is 28.8. The maximum Gasteiger partial charge on any atom is 0.419 e. The first kappa shape index (κ1) is 68.2. The molecule has 3 heterocycles. The Hall–Kier alpha value is -10.1. The molecule has 0 saturated carbocycles. The molecule has 94 heavy (non-hydrogen) atoms. The Morgan fingerprint density at radius 2 is 1.24 bits per heavy atom. The van der Waals surface area contributed by atoms with Gasteiger partial charge in [0.15, 0.2) is 0 Å². The number of imidazole rings is 1. The Bertz CT molecular complexity index is 4130. The van der Waals surface area contributed by atoms with Crippen molar-refractivity contribution in [3.8, 4) is 5.75 Å². The summed E-state index contributed by atoms with van der Waals surface area (Å²) in [6.45, 7) is 13.2. The monoisotopic (exact) mass is 1300 g/mol. The zero-order valence-electron chi connectivity index (χ0n) is 53.9. The van der Waals surface area contributed by atoms with Crippen LogP contribution in [0.3, 0.4) is 0 Å². The molecular weight excluding hydrogens is 1210 g/mol. The van der Waals surface area contributed by atoms with E-state index in [9.17, 15) is 32.7 Å². The summed E-state index contributed by atoms with van der Waals surface area (Å²) in [5, 5.41) is 20.9. The number of amides is 4. The average Bonchev–Trinajstić information content (AvgIpc) is 1.22. The lowest BCUT2D eigenvalue weighted by Crippen LogP contribution is -2.58. The number of rotatable bonds is 25. The lowest BCUT2D eigenvalue weighted by molar-refractivity contribution is -0.138. The van der Waals surface area contributed by atoms with Crippen LogP contribution in [-0.2, 0) is 70.0 Å². The number of carbonyl (C=O) groups excluding carboxylic acids is 5. The first-order valence-corrected chi connectivity index (χ1v) is 32.5. The van der Waals surface area contributed by atoms with E-state index in [1.807, 2.05) is 116 Å². The molecule has 0 unspecified atom stereocenters. The van der Waals surface area contributed by atoms with Crippen LogP contribution in [0.2, 0.25) is 0 Å². The molecule has 8 aromatic rings. The highest BCUT2D eigenvalue weighted by Crippen LogP contribution is 2.44. The van der Waals surface area contributed by atoms with Crippen LogP contribution in [-0.4, -0.2) is 118 Å². The fourth-order valence-corrected chi connectivity index (χ4v) is 13.6. The number of carbonyl (C=O) groups is 6. The molecule has 9 rings (SSSR count). The minimum atomic E-state index is -4.31. The van der Waals surface area contributed by atoms with Crippen LogP contribution in [0.4, 0.5) is 4.79 Å². The Labute approximate surface area is 547 Å². The number of nitrogens with two attached hydrogens (primary N) is 2. The van der Waals surface area contributed by atoms with Crippen molar-refractivity contribution in [2.45, 2.75) is 140 Å². The van der Waals surface area contributed by atoms with Gasteiger partial charge in [0.2, 0.25) is 29.6 Å². The summed E-state index contributed by atoms with van der Waals surface area (Å²) >= 11 is 0. The Morgan fingerprint density at radius 3 is 1.84 bits per heavy atom. The van der Waals surface area contributed by atoms with Gasteiger partial charge in [-0.1, -0.05) is 140 Å². The van der Waals surface area contributed by atoms with Gasteiger partial charge in [0.1, 0.15) is 47.2 Å². The molecule has 1 aliphatic heterocycles. The van der Waals surface area contributed by atoms with Crippen LogP contribution < -0.4 is 42.2 Å². The van der Waals surface area contributed by atoms with E-state index >= 15 is 9.59 Å². The molecule has 6 aromatic carbocycles. The predicted octanol–water partition coefficient (Wildman–Crippen LogP) is 7.18. The maximum absolute atomic E-state index is 15.0. The molecule has 0 aliphatic carbocycles. The minimum absolute atomic E-state index is 0.0180. The van der Waals surface area contributed by atoms with Gasteiger partial charge in [-0.05, 0) is 119 Å². The van der Waals surface area contributed by atoms with Gasteiger partial charge in [-0.2, -0.15) is 0 Å². The number of guanidine groups is 1. The van der Waals surface area contributed by atoms with Gasteiger partial charge in [-0.25, -0.2) is 22.9 Å². The molecule has 22 nitrogen and oxygen atoms in total. The van der Waals surface area contributed by atoms with Crippen molar-refractivity contribution in [1.29, 1.82) is 0 Å². The van der Waals surface area contributed by atoms with E-state index in [1.54, 1.807) is 102 Å². The molecule has 1 aliphatic rings. The second-order valence-electron chi connectivity index (χ2n) is 25.2. The first-order valence-electron chi connectivity index (χ1n) is 31.0. The number of benzene rings is 6. The molecule has 0 radical (unpaired) electrons. The number of aliphatic imine (C=N–C) groups is 1. The minimum Gasteiger partial charge on any atom is -0.487 e. The summed E-state index contributed by atoms with van der Waals surface area (Å²) in [5.74, 6) is -4.50. The number of nitrogens with zero attached hydrogens (tertiary/aromatic N) is 4. The van der Waals surface area contributed by atoms with Crippen molar-refractivity contribution in [3.63, 3.8) is 0 Å². The topological polar surface area (TPSA) is 323 Å². The van der Waals surface area contributed by atoms with Gasteiger partial charge in [0.05, 0.1) is 28.5 Å². The molecule has 0 spiro atoms. The SMILES string of the molecule is Cc1c(C)c(S(=O)(=O)NC(N)=NCCC[C@H](NC(=O)[C@@H](Cc2ccccc2)NC(=O)[C@@H](N)Cc2cn(C(c3ccccc3)(c3ccccc3)c3ccccc3)cn2)C(=O)N[C@@H](Cc2cn(C(=O)OC(C)(C)C)c3ccccc23)C(=O)NCC(=O)O)c(C)c2c1OC(C)(C)C2. The lowest BCUT2D eigenvalue weighted by atomic mass is 9.77. The number of hydrogen-bond donors (Lipinski definition) is 8. The van der Waals surface area contributed by atoms with Crippen molar-refractivity contribution < 1.29 is 51.8 Å². The third kappa shape index (κ3) is 15.8. The Balaban J connectivity index is 0.999. The highest BCUT2D eigenvalue weighted by atomic mass is 32.2. The molecule has 23 heteroatoms. The number of sulfonamides is 1. The zero-order chi connectivity index (χ0) is 67.7. The molecular formula is C71H81N11O11S. The summed E-state index contributed by atoms with van der Waals surface area (Å²) in [4.78, 5) is 93.2. The average molecular weight is 1300 g/mol. The molecule has 4 amide bonds. The van der Waals surface area contributed by atoms with Crippen LogP contribution >= 0.6 is 0 Å². The van der Waals surface area contributed by atoms with Gasteiger partial charge >= 0.3 is 12.1 Å². The summed E-state index contributed by atoms with van der Waals surface area (Å²) in [5.41, 5.74) is 18.0. The van der Waals surface area contributed by atoms with Crippen molar-refractivity contribution in [2.75, 3.05) is 13.1 Å². The highest BCUT2D eigenvalue weighted by Gasteiger charge is 2.40. The Kier molecular flexibility index (Phi) is 20.9. The van der Waals surface area contributed by atoms with E-state index in [2.05, 4.69) is 31.0 Å². The van der Waals surface area contributed by atoms with Crippen molar-refractivity contribution in [3.05, 3.63) is 220 Å². The quantitative estimate of drug-likeness (QED) is 0.0122. The largest absolute Gasteiger partial charge is 0.487 e. The van der Waals surface area contributed by atoms with E-state index in [-0.39, 0.29) is 43.5 Å². The van der Waals surface area contributed by atoms with Gasteiger partial charge in [0, 0.05) is 55.6 Å². The third-order valence-corrected chi connectivity index (χ3v) is 18.1. The first-order chi connectivity index (χ1) is 44.6. The molecule has 4 atom stereocenters. The van der Waals surface area contributed by atoms with E-state index in [4.69, 9.17) is 25.9 Å². The van der Waals surface area contributed by atoms with Gasteiger partial charge in [-0.15, -0.1) is 0 Å². The van der Waals surface area contributed by atoms with Crippen LogP contribution in [0, 0.1) is 20.8 Å². The van der Waals surface area contributed by atoms with E-state index in [1.165, 1.54) is 10.8 Å². The summed E-state index contributed by atoms with van der Waals surface area (Å²) in [7, 11) is -4.31. The molecule has 10 N–H and O–H groups in total. The summed E-state index contributed by atoms with van der Waals surface area (Å²) < 4.78 is 45.8. The van der Waals surface area contributed by atoms with Crippen LogP contribution in [0.5, 0.6) is 5.75 Å². The molecule has 2 aromatic heterocycles. The summed E-state index contributed by atoms with van der Waals surface area (Å²) in [6.07, 6.45) is 4.18. The fourth-order valence-electron chi connectivity index (χ4n) is 12.1. The number of carboxylic acids is 1. The maximum atomic E-state index is 15.0. The van der Waals surface area contributed by atoms with E-state index < -0.39 is 99.1 Å². The van der Waals surface area contributed by atoms with E-state index in [0.717, 1.165) is 22.3 Å². The number of hydrogen-bond acceptors (Lipinski definition) is 13. The number of aromatic nitrogens is 3. The normalized spacial score (nSPS) is 14.3. The zero-order valence-corrected chi connectivity index (χ0v) is 54.8. The fraction of sp³-hybridized carbons (Fsp3) is 0.324. The van der Waals surface area contributed by atoms with Gasteiger partial charge in [0.25, 0.3) is 10.0 Å². The number of ether oxygens (including phenoxy) is 2. The number of nitrogens with one attached hydrogen (secondary N) is 5. The molecule has 0 saturated heterocycles. The number of para-hydroxylation sites is 1. The van der Waals surface area contributed by atoms with Crippen LogP contribution in [0.15, 0.2) is 174 Å². The number of carboxylic acid groups (broad SMARTS) is 1. The molecule has 0 fully saturated rings. The van der Waals surface area contributed by atoms with Crippen LogP contribution in [0.25, 0.3) is 10.9 Å². The smallest absolute Gasteiger partial charge is 0.419 e. The predicted molar refractivity (Wildman–Crippen MR) is 357 cm³/mol. The number of aliphatic carboxylic acids is 1. The van der Waals surface area contributed by atoms with Crippen molar-refractivity contribution in [2.24, 2.45) is 16.5 Å². The van der Waals surface area contributed by atoms with E-state index in [0.29, 0.717) is 56.6 Å². The standard InChI is InChI=1S/C71H81N11O11S/c1-44-45(2)62(46(3)54-39-70(7,8)92-61(44)54)94(90,91)80-67(73)74-35-23-33-56(65(87)79-58(64(86)75-40-60(83)84)37-48-41-82(68(89)93-69(4,5)6)59-34-22-21-32-53(48)59)77-66(88)57(36-47-24-13-9-14-25-47)78-63(85)55(72)38-52-42-81(43-76-52)71(49-26-15-10-16-27-49,50-28-17-11-18-29-50)51-30-19-12-20-31-51/h9-22,24-32,34,41-43,55-58H,23,33,35-40,72H2,1-8H3,(H,75,86)(H,77,88)(H,78,85)(H,79,87)(H,83,84)(H3,73,74,80)/t55-,56-,57+,58-/m0/s1. The van der Waals surface area contributed by atoms with Gasteiger partial charge < -0.3 is 51.9 Å². The van der Waals surface area contributed by atoms with Gasteiger partial charge in [-0.3, -0.25) is 33.5 Å².